The maximum absolute atomic E-state index is 12.8. The normalized spacial score (nSPS) is 19.3. The van der Waals surface area contributed by atoms with Crippen molar-refractivity contribution in [2.75, 3.05) is 20.3 Å². The molecule has 1 aromatic heterocycles. The van der Waals surface area contributed by atoms with Crippen LogP contribution in [0.5, 0.6) is 0 Å². The number of ether oxygens (including phenoxy) is 1. The number of aliphatic hydroxyl groups excluding tert-OH is 1. The van der Waals surface area contributed by atoms with Crippen molar-refractivity contribution in [3.63, 3.8) is 0 Å². The summed E-state index contributed by atoms with van der Waals surface area (Å²) in [5, 5.41) is 10.5. The summed E-state index contributed by atoms with van der Waals surface area (Å²) in [5.41, 5.74) is 2.56. The van der Waals surface area contributed by atoms with E-state index in [1.165, 1.54) is 11.2 Å². The Kier molecular flexibility index (Phi) is 4.47. The minimum absolute atomic E-state index is 0.188. The summed E-state index contributed by atoms with van der Waals surface area (Å²) in [5.74, 6) is -0.188. The lowest BCUT2D eigenvalue weighted by atomic mass is 10.0. The highest BCUT2D eigenvalue weighted by Gasteiger charge is 2.32. The summed E-state index contributed by atoms with van der Waals surface area (Å²) in [6.45, 7) is 0.561. The van der Waals surface area contributed by atoms with Crippen molar-refractivity contribution in [2.24, 2.45) is 0 Å². The van der Waals surface area contributed by atoms with Gasteiger partial charge < -0.3 is 19.7 Å². The molecule has 1 amide bonds. The number of aliphatic hydroxyl groups is 1. The van der Waals surface area contributed by atoms with Crippen LogP contribution in [0.15, 0.2) is 53.6 Å². The Morgan fingerprint density at radius 2 is 2.04 bits per heavy atom. The molecular weight excluding hydrogens is 346 g/mol. The molecule has 1 saturated heterocycles. The van der Waals surface area contributed by atoms with Crippen LogP contribution in [0.25, 0.3) is 22.0 Å². The van der Waals surface area contributed by atoms with Crippen molar-refractivity contribution < 1.29 is 14.6 Å². The number of amides is 1. The molecular formula is C20H19N3O4. The molecule has 0 radical (unpaired) electrons. The van der Waals surface area contributed by atoms with E-state index in [1.807, 2.05) is 12.1 Å². The molecule has 27 heavy (non-hydrogen) atoms. The molecule has 2 N–H and O–H groups in total. The Balaban J connectivity index is 1.67. The average Bonchev–Trinajstić information content (AvgIpc) is 3.13. The zero-order valence-corrected chi connectivity index (χ0v) is 14.8. The average molecular weight is 365 g/mol. The number of likely N-dealkylation sites (N-methyl/N-ethyl adjacent to an activating group) is 1. The molecule has 2 aromatic carbocycles. The van der Waals surface area contributed by atoms with Crippen LogP contribution in [0.4, 0.5) is 0 Å². The van der Waals surface area contributed by atoms with Gasteiger partial charge in [-0.15, -0.1) is 0 Å². The number of nitrogens with one attached hydrogen (secondary N) is 1. The van der Waals surface area contributed by atoms with Crippen molar-refractivity contribution in [1.82, 2.24) is 14.9 Å². The largest absolute Gasteiger partial charge is 0.388 e. The predicted octanol–water partition coefficient (Wildman–Crippen LogP) is 1.42. The lowest BCUT2D eigenvalue weighted by Gasteiger charge is -2.25. The monoisotopic (exact) mass is 365 g/mol. The van der Waals surface area contributed by atoms with Crippen molar-refractivity contribution in [2.45, 2.75) is 12.1 Å². The van der Waals surface area contributed by atoms with Crippen molar-refractivity contribution in [3.05, 3.63) is 64.7 Å². The van der Waals surface area contributed by atoms with E-state index in [0.29, 0.717) is 23.1 Å². The number of rotatable bonds is 3. The maximum Gasteiger partial charge on any atom is 0.258 e. The third-order valence-corrected chi connectivity index (χ3v) is 4.92. The first-order valence-corrected chi connectivity index (χ1v) is 8.65. The lowest BCUT2D eigenvalue weighted by Crippen LogP contribution is -2.44. The number of carbonyl (C=O) groups is 1. The lowest BCUT2D eigenvalue weighted by molar-refractivity contribution is 0.0581. The highest BCUT2D eigenvalue weighted by Crippen LogP contribution is 2.24. The van der Waals surface area contributed by atoms with E-state index in [0.717, 1.165) is 11.1 Å². The van der Waals surface area contributed by atoms with Gasteiger partial charge in [-0.2, -0.15) is 0 Å². The molecule has 0 aliphatic carbocycles. The van der Waals surface area contributed by atoms with Crippen LogP contribution >= 0.6 is 0 Å². The number of benzene rings is 2. The number of aromatic amines is 1. The van der Waals surface area contributed by atoms with Gasteiger partial charge in [-0.3, -0.25) is 9.59 Å². The van der Waals surface area contributed by atoms with E-state index in [9.17, 15) is 14.7 Å². The van der Waals surface area contributed by atoms with Crippen LogP contribution in [0.2, 0.25) is 0 Å². The van der Waals surface area contributed by atoms with Crippen LogP contribution in [0.1, 0.15) is 10.4 Å². The second kappa shape index (κ2) is 6.94. The van der Waals surface area contributed by atoms with Crippen LogP contribution in [-0.4, -0.2) is 58.3 Å². The van der Waals surface area contributed by atoms with Gasteiger partial charge in [-0.1, -0.05) is 18.2 Å². The van der Waals surface area contributed by atoms with Crippen molar-refractivity contribution in [1.29, 1.82) is 0 Å². The van der Waals surface area contributed by atoms with Crippen LogP contribution in [0, 0.1) is 0 Å². The predicted molar refractivity (Wildman–Crippen MR) is 101 cm³/mol. The molecule has 7 nitrogen and oxygen atoms in total. The molecule has 1 aliphatic heterocycles. The first kappa shape index (κ1) is 17.4. The molecule has 0 saturated carbocycles. The number of hydrogen-bond donors (Lipinski definition) is 2. The van der Waals surface area contributed by atoms with E-state index in [2.05, 4.69) is 9.97 Å². The molecule has 3 aromatic rings. The van der Waals surface area contributed by atoms with E-state index in [1.54, 1.807) is 37.4 Å². The number of H-pyrrole nitrogens is 1. The summed E-state index contributed by atoms with van der Waals surface area (Å²) < 4.78 is 5.24. The van der Waals surface area contributed by atoms with Crippen LogP contribution in [-0.2, 0) is 4.74 Å². The van der Waals surface area contributed by atoms with Gasteiger partial charge in [-0.25, -0.2) is 4.98 Å². The highest BCUT2D eigenvalue weighted by atomic mass is 16.5. The van der Waals surface area contributed by atoms with Crippen molar-refractivity contribution >= 4 is 16.8 Å². The fourth-order valence-electron chi connectivity index (χ4n) is 3.34. The fraction of sp³-hybridized carbons (Fsp3) is 0.250. The third kappa shape index (κ3) is 3.22. The summed E-state index contributed by atoms with van der Waals surface area (Å²) >= 11 is 0. The zero-order valence-electron chi connectivity index (χ0n) is 14.8. The van der Waals surface area contributed by atoms with Gasteiger partial charge in [0.2, 0.25) is 0 Å². The molecule has 4 rings (SSSR count). The first-order chi connectivity index (χ1) is 13.0. The van der Waals surface area contributed by atoms with Gasteiger partial charge in [0, 0.05) is 12.6 Å². The Morgan fingerprint density at radius 3 is 2.81 bits per heavy atom. The molecule has 1 aliphatic rings. The topological polar surface area (TPSA) is 95.5 Å². The molecule has 1 fully saturated rings. The molecule has 2 atom stereocenters. The second-order valence-electron chi connectivity index (χ2n) is 6.63. The first-order valence-electron chi connectivity index (χ1n) is 8.65. The Labute approximate surface area is 155 Å². The van der Waals surface area contributed by atoms with Gasteiger partial charge in [-0.05, 0) is 35.4 Å². The third-order valence-electron chi connectivity index (χ3n) is 4.92. The van der Waals surface area contributed by atoms with Crippen molar-refractivity contribution in [3.8, 4) is 11.1 Å². The van der Waals surface area contributed by atoms with Crippen LogP contribution in [0.3, 0.4) is 0 Å². The number of nitrogens with zero attached hydrogens (tertiary/aromatic N) is 2. The molecule has 0 spiro atoms. The number of hydrogen-bond acceptors (Lipinski definition) is 5. The molecule has 2 heterocycles. The van der Waals surface area contributed by atoms with Gasteiger partial charge in [0.1, 0.15) is 0 Å². The number of aromatic nitrogens is 2. The number of fused-ring (bicyclic) bond motifs is 1. The standard InChI is InChI=1S/C20H19N3O4/c1-23(17-9-27-10-18(17)24)20(26)14-4-2-3-12(7-14)13-5-6-16-15(8-13)19(25)22-11-21-16/h2-8,11,17-18,24H,9-10H2,1H3,(H,21,22,25)/t17-,18-/m0/s1. The van der Waals surface area contributed by atoms with E-state index >= 15 is 0 Å². The van der Waals surface area contributed by atoms with E-state index in [4.69, 9.17) is 4.74 Å². The van der Waals surface area contributed by atoms with Gasteiger partial charge in [0.15, 0.2) is 0 Å². The fourth-order valence-corrected chi connectivity index (χ4v) is 3.34. The summed E-state index contributed by atoms with van der Waals surface area (Å²) in [4.78, 5) is 33.1. The second-order valence-corrected chi connectivity index (χ2v) is 6.63. The Bertz CT molecular complexity index is 1060. The number of carbonyl (C=O) groups excluding carboxylic acids is 1. The van der Waals surface area contributed by atoms with Gasteiger partial charge in [0.25, 0.3) is 11.5 Å². The minimum atomic E-state index is -0.679. The smallest absolute Gasteiger partial charge is 0.258 e. The van der Waals surface area contributed by atoms with E-state index < -0.39 is 6.10 Å². The maximum atomic E-state index is 12.8. The summed E-state index contributed by atoms with van der Waals surface area (Å²) in [7, 11) is 1.67. The zero-order chi connectivity index (χ0) is 19.0. The summed E-state index contributed by atoms with van der Waals surface area (Å²) in [6.07, 6.45) is 0.697. The minimum Gasteiger partial charge on any atom is -0.388 e. The van der Waals surface area contributed by atoms with Gasteiger partial charge >= 0.3 is 0 Å². The quantitative estimate of drug-likeness (QED) is 0.732. The Morgan fingerprint density at radius 1 is 1.22 bits per heavy atom. The molecule has 0 bridgehead atoms. The van der Waals surface area contributed by atoms with Crippen LogP contribution < -0.4 is 5.56 Å². The molecule has 7 heteroatoms. The molecule has 138 valence electrons. The SMILES string of the molecule is CN(C(=O)c1cccc(-c2ccc3nc[nH]c(=O)c3c2)c1)[C@H]1COC[C@@H]1O. The van der Waals surface area contributed by atoms with E-state index in [-0.39, 0.29) is 24.1 Å². The molecule has 0 unspecified atom stereocenters. The Hall–Kier alpha value is -3.03. The summed E-state index contributed by atoms with van der Waals surface area (Å²) in [6, 6.07) is 12.3. The van der Waals surface area contributed by atoms with Gasteiger partial charge in [0.05, 0.1) is 42.6 Å². The highest BCUT2D eigenvalue weighted by molar-refractivity contribution is 5.96.